The molecule has 0 amide bonds. The van der Waals surface area contributed by atoms with Gasteiger partial charge in [0.15, 0.2) is 5.96 Å². The third-order valence-electron chi connectivity index (χ3n) is 5.44. The first-order valence-electron chi connectivity index (χ1n) is 9.35. The van der Waals surface area contributed by atoms with Gasteiger partial charge in [-0.3, -0.25) is 4.99 Å². The predicted octanol–water partition coefficient (Wildman–Crippen LogP) is 2.71. The third-order valence-corrected chi connectivity index (χ3v) is 5.44. The fraction of sp³-hybridized carbons (Fsp3) is 0.944. The molecule has 134 valence electrons. The Kier molecular flexibility index (Phi) is 8.17. The Morgan fingerprint density at radius 1 is 1.17 bits per heavy atom. The summed E-state index contributed by atoms with van der Waals surface area (Å²) in [6.45, 7) is 3.34. The maximum absolute atomic E-state index is 5.75. The topological polar surface area (TPSA) is 54.9 Å². The van der Waals surface area contributed by atoms with Gasteiger partial charge < -0.3 is 20.1 Å². The Labute approximate surface area is 141 Å². The van der Waals surface area contributed by atoms with Crippen LogP contribution < -0.4 is 10.6 Å². The smallest absolute Gasteiger partial charge is 0.191 e. The number of rotatable bonds is 8. The molecular formula is C18H35N3O2. The molecule has 2 fully saturated rings. The zero-order valence-electron chi connectivity index (χ0n) is 15.0. The van der Waals surface area contributed by atoms with Crippen molar-refractivity contribution >= 4 is 5.96 Å². The molecule has 1 saturated heterocycles. The van der Waals surface area contributed by atoms with Gasteiger partial charge in [0.25, 0.3) is 0 Å². The normalized spacial score (nSPS) is 22.3. The highest BCUT2D eigenvalue weighted by Crippen LogP contribution is 2.28. The molecule has 0 radical (unpaired) electrons. The van der Waals surface area contributed by atoms with Crippen molar-refractivity contribution in [2.24, 2.45) is 10.9 Å². The minimum absolute atomic E-state index is 0.113. The summed E-state index contributed by atoms with van der Waals surface area (Å²) in [7, 11) is 3.63. The Morgan fingerprint density at radius 2 is 1.91 bits per heavy atom. The first-order chi connectivity index (χ1) is 11.3. The maximum atomic E-state index is 5.75. The molecule has 0 aromatic carbocycles. The molecule has 0 aromatic heterocycles. The average Bonchev–Trinajstić information content (AvgIpc) is 3.11. The molecule has 5 heteroatoms. The first-order valence-corrected chi connectivity index (χ1v) is 9.35. The van der Waals surface area contributed by atoms with E-state index in [0.29, 0.717) is 0 Å². The highest BCUT2D eigenvalue weighted by Gasteiger charge is 2.32. The molecule has 1 aliphatic carbocycles. The number of unbranched alkanes of at least 4 members (excludes halogenated alkanes) is 1. The minimum Gasteiger partial charge on any atom is -0.381 e. The van der Waals surface area contributed by atoms with E-state index >= 15 is 0 Å². The lowest BCUT2D eigenvalue weighted by Crippen LogP contribution is -2.50. The minimum atomic E-state index is -0.113. The van der Waals surface area contributed by atoms with E-state index in [9.17, 15) is 0 Å². The summed E-state index contributed by atoms with van der Waals surface area (Å²) in [6, 6.07) is 0. The van der Waals surface area contributed by atoms with Crippen molar-refractivity contribution < 1.29 is 9.47 Å². The van der Waals surface area contributed by atoms with Crippen LogP contribution in [-0.2, 0) is 9.47 Å². The Hall–Kier alpha value is -0.810. The molecule has 0 aromatic rings. The summed E-state index contributed by atoms with van der Waals surface area (Å²) in [4.78, 5) is 4.32. The van der Waals surface area contributed by atoms with Crippen molar-refractivity contribution in [3.8, 4) is 0 Å². The van der Waals surface area contributed by atoms with Crippen LogP contribution in [0, 0.1) is 5.92 Å². The largest absolute Gasteiger partial charge is 0.381 e. The molecule has 1 saturated carbocycles. The number of nitrogens with one attached hydrogen (secondary N) is 2. The summed E-state index contributed by atoms with van der Waals surface area (Å²) in [5, 5.41) is 6.85. The van der Waals surface area contributed by atoms with E-state index in [1.807, 2.05) is 7.05 Å². The molecule has 5 nitrogen and oxygen atoms in total. The number of guanidine groups is 1. The maximum Gasteiger partial charge on any atom is 0.191 e. The summed E-state index contributed by atoms with van der Waals surface area (Å²) in [5.41, 5.74) is -0.113. The number of methoxy groups -OCH3 is 1. The molecule has 0 spiro atoms. The van der Waals surface area contributed by atoms with Gasteiger partial charge in [-0.1, -0.05) is 38.5 Å². The van der Waals surface area contributed by atoms with Crippen LogP contribution in [0.1, 0.15) is 57.8 Å². The molecule has 0 atom stereocenters. The zero-order chi connectivity index (χ0) is 16.4. The van der Waals surface area contributed by atoms with E-state index in [0.717, 1.165) is 51.0 Å². The van der Waals surface area contributed by atoms with Crippen LogP contribution in [-0.4, -0.2) is 52.0 Å². The van der Waals surface area contributed by atoms with Crippen LogP contribution in [0.3, 0.4) is 0 Å². The predicted molar refractivity (Wildman–Crippen MR) is 95.0 cm³/mol. The molecule has 23 heavy (non-hydrogen) atoms. The van der Waals surface area contributed by atoms with Crippen LogP contribution in [0.2, 0.25) is 0 Å². The number of nitrogens with zero attached hydrogens (tertiary/aromatic N) is 1. The lowest BCUT2D eigenvalue weighted by Gasteiger charge is -2.36. The number of hydrogen-bond donors (Lipinski definition) is 2. The molecule has 1 heterocycles. The highest BCUT2D eigenvalue weighted by molar-refractivity contribution is 5.79. The van der Waals surface area contributed by atoms with Gasteiger partial charge in [-0.2, -0.15) is 0 Å². The highest BCUT2D eigenvalue weighted by atomic mass is 16.5. The fourth-order valence-corrected chi connectivity index (χ4v) is 3.73. The van der Waals surface area contributed by atoms with Gasteiger partial charge in [-0.05, 0) is 12.3 Å². The molecule has 2 rings (SSSR count). The van der Waals surface area contributed by atoms with E-state index in [2.05, 4.69) is 15.6 Å². The van der Waals surface area contributed by atoms with Gasteiger partial charge in [0.05, 0.1) is 5.60 Å². The second-order valence-electron chi connectivity index (χ2n) is 7.00. The zero-order valence-corrected chi connectivity index (χ0v) is 15.0. The Balaban J connectivity index is 1.59. The van der Waals surface area contributed by atoms with Crippen molar-refractivity contribution in [3.05, 3.63) is 0 Å². The second kappa shape index (κ2) is 10.1. The van der Waals surface area contributed by atoms with Gasteiger partial charge in [0.1, 0.15) is 0 Å². The number of aliphatic imine (C=N–C) groups is 1. The number of ether oxygens (including phenoxy) is 2. The molecule has 1 aliphatic heterocycles. The first kappa shape index (κ1) is 18.5. The van der Waals surface area contributed by atoms with Crippen LogP contribution in [0.4, 0.5) is 0 Å². The van der Waals surface area contributed by atoms with E-state index in [-0.39, 0.29) is 5.60 Å². The summed E-state index contributed by atoms with van der Waals surface area (Å²) in [6.07, 6.45) is 11.6. The van der Waals surface area contributed by atoms with Gasteiger partial charge in [0, 0.05) is 53.3 Å². The monoisotopic (exact) mass is 325 g/mol. The van der Waals surface area contributed by atoms with Crippen molar-refractivity contribution in [2.45, 2.75) is 63.4 Å². The van der Waals surface area contributed by atoms with Gasteiger partial charge in [-0.15, -0.1) is 0 Å². The molecule has 0 bridgehead atoms. The van der Waals surface area contributed by atoms with Gasteiger partial charge >= 0.3 is 0 Å². The van der Waals surface area contributed by atoms with Crippen molar-refractivity contribution in [2.75, 3.05) is 40.5 Å². The molecule has 2 aliphatic rings. The fourth-order valence-electron chi connectivity index (χ4n) is 3.73. The molecule has 0 unspecified atom stereocenters. The molecule has 2 N–H and O–H groups in total. The Bertz CT molecular complexity index is 348. The third kappa shape index (κ3) is 6.30. The van der Waals surface area contributed by atoms with E-state index in [1.54, 1.807) is 7.11 Å². The lowest BCUT2D eigenvalue weighted by molar-refractivity contribution is -0.0855. The van der Waals surface area contributed by atoms with Crippen LogP contribution in [0.15, 0.2) is 4.99 Å². The summed E-state index contributed by atoms with van der Waals surface area (Å²) >= 11 is 0. The van der Waals surface area contributed by atoms with E-state index in [4.69, 9.17) is 9.47 Å². The van der Waals surface area contributed by atoms with E-state index < -0.39 is 0 Å². The van der Waals surface area contributed by atoms with Crippen molar-refractivity contribution in [1.29, 1.82) is 0 Å². The standard InChI is InChI=1S/C18H35N3O2/c1-19-17(20-12-6-5-9-16-7-3-4-8-16)21-15-18(22-2)10-13-23-14-11-18/h16H,3-15H2,1-2H3,(H2,19,20,21). The second-order valence-corrected chi connectivity index (χ2v) is 7.00. The lowest BCUT2D eigenvalue weighted by atomic mass is 9.94. The van der Waals surface area contributed by atoms with Crippen LogP contribution >= 0.6 is 0 Å². The summed E-state index contributed by atoms with van der Waals surface area (Å²) < 4.78 is 11.2. The SMILES string of the molecule is CN=C(NCCCCC1CCCC1)NCC1(OC)CCOCC1. The van der Waals surface area contributed by atoms with Gasteiger partial charge in [-0.25, -0.2) is 0 Å². The van der Waals surface area contributed by atoms with Crippen molar-refractivity contribution in [1.82, 2.24) is 10.6 Å². The van der Waals surface area contributed by atoms with E-state index in [1.165, 1.54) is 44.9 Å². The molecular weight excluding hydrogens is 290 g/mol. The van der Waals surface area contributed by atoms with Crippen LogP contribution in [0.25, 0.3) is 0 Å². The summed E-state index contributed by atoms with van der Waals surface area (Å²) in [5.74, 6) is 1.89. The van der Waals surface area contributed by atoms with Crippen molar-refractivity contribution in [3.63, 3.8) is 0 Å². The number of hydrogen-bond acceptors (Lipinski definition) is 3. The quantitative estimate of drug-likeness (QED) is 0.409. The average molecular weight is 325 g/mol. The van der Waals surface area contributed by atoms with Gasteiger partial charge in [0.2, 0.25) is 0 Å². The van der Waals surface area contributed by atoms with Crippen LogP contribution in [0.5, 0.6) is 0 Å². The Morgan fingerprint density at radius 3 is 2.57 bits per heavy atom.